The van der Waals surface area contributed by atoms with Gasteiger partial charge in [-0.1, -0.05) is 24.3 Å². The van der Waals surface area contributed by atoms with Crippen molar-refractivity contribution in [3.63, 3.8) is 0 Å². The maximum Gasteiger partial charge on any atom is 0.337 e. The largest absolute Gasteiger partial charge is 0.478 e. The number of pyridine rings is 1. The highest BCUT2D eigenvalue weighted by Crippen LogP contribution is 2.30. The van der Waals surface area contributed by atoms with Crippen molar-refractivity contribution < 1.29 is 19.4 Å². The van der Waals surface area contributed by atoms with E-state index >= 15 is 0 Å². The van der Waals surface area contributed by atoms with E-state index in [4.69, 9.17) is 9.47 Å². The number of nitrogens with zero attached hydrogens (tertiary/aromatic N) is 1. The van der Waals surface area contributed by atoms with E-state index in [2.05, 4.69) is 4.98 Å². The van der Waals surface area contributed by atoms with Crippen molar-refractivity contribution in [1.29, 1.82) is 0 Å². The molecule has 0 aliphatic carbocycles. The third-order valence-electron chi connectivity index (χ3n) is 3.81. The summed E-state index contributed by atoms with van der Waals surface area (Å²) in [4.78, 5) is 16.3. The zero-order valence-corrected chi connectivity index (χ0v) is 11.7. The number of ether oxygens (including phenoxy) is 2. The Balaban J connectivity index is 2.03. The van der Waals surface area contributed by atoms with Crippen molar-refractivity contribution >= 4 is 27.8 Å². The first-order valence-corrected chi connectivity index (χ1v) is 7.03. The van der Waals surface area contributed by atoms with Gasteiger partial charge in [-0.25, -0.2) is 9.78 Å². The third-order valence-corrected chi connectivity index (χ3v) is 3.81. The molecule has 1 fully saturated rings. The van der Waals surface area contributed by atoms with Crippen LogP contribution in [-0.4, -0.2) is 29.3 Å². The normalized spacial score (nSPS) is 15.6. The summed E-state index contributed by atoms with van der Waals surface area (Å²) >= 11 is 0. The second-order valence-electron chi connectivity index (χ2n) is 5.16. The number of carboxylic acids is 1. The maximum atomic E-state index is 11.8. The fourth-order valence-electron chi connectivity index (χ4n) is 2.84. The number of carboxylic acid groups (broad SMARTS) is 1. The third kappa shape index (κ3) is 2.03. The zero-order valence-electron chi connectivity index (χ0n) is 11.7. The number of aromatic carboxylic acids is 1. The summed E-state index contributed by atoms with van der Waals surface area (Å²) < 4.78 is 11.0. The smallest absolute Gasteiger partial charge is 0.337 e. The second-order valence-corrected chi connectivity index (χ2v) is 5.16. The molecule has 0 radical (unpaired) electrons. The molecule has 0 unspecified atom stereocenters. The van der Waals surface area contributed by atoms with Gasteiger partial charge in [0.15, 0.2) is 6.29 Å². The van der Waals surface area contributed by atoms with Gasteiger partial charge in [-0.3, -0.25) is 0 Å². The molecule has 5 heteroatoms. The summed E-state index contributed by atoms with van der Waals surface area (Å²) in [5.41, 5.74) is 2.40. The van der Waals surface area contributed by atoms with Gasteiger partial charge in [-0.2, -0.15) is 0 Å². The molecule has 1 N–H and O–H groups in total. The van der Waals surface area contributed by atoms with E-state index in [-0.39, 0.29) is 5.56 Å². The van der Waals surface area contributed by atoms with Crippen LogP contribution in [0.25, 0.3) is 21.8 Å². The Morgan fingerprint density at radius 1 is 1.05 bits per heavy atom. The van der Waals surface area contributed by atoms with E-state index in [0.717, 1.165) is 5.56 Å². The first-order chi connectivity index (χ1) is 10.7. The molecular formula is C17H13NO4. The van der Waals surface area contributed by atoms with Gasteiger partial charge in [-0.15, -0.1) is 0 Å². The molecule has 0 saturated carbocycles. The van der Waals surface area contributed by atoms with E-state index in [9.17, 15) is 9.90 Å². The summed E-state index contributed by atoms with van der Waals surface area (Å²) in [5.74, 6) is -0.964. The monoisotopic (exact) mass is 295 g/mol. The van der Waals surface area contributed by atoms with E-state index in [1.165, 1.54) is 0 Å². The first kappa shape index (κ1) is 13.2. The van der Waals surface area contributed by atoms with Crippen molar-refractivity contribution in [3.05, 3.63) is 53.6 Å². The fraction of sp³-hybridized carbons (Fsp3) is 0.176. The van der Waals surface area contributed by atoms with Crippen LogP contribution in [0.1, 0.15) is 22.2 Å². The van der Waals surface area contributed by atoms with E-state index in [1.54, 1.807) is 12.1 Å². The minimum Gasteiger partial charge on any atom is -0.478 e. The summed E-state index contributed by atoms with van der Waals surface area (Å²) in [6.45, 7) is 1.09. The van der Waals surface area contributed by atoms with Crippen LogP contribution in [0.2, 0.25) is 0 Å². The molecule has 22 heavy (non-hydrogen) atoms. The van der Waals surface area contributed by atoms with E-state index in [0.29, 0.717) is 35.0 Å². The number of hydrogen-bond donors (Lipinski definition) is 1. The second kappa shape index (κ2) is 5.05. The molecular weight excluding hydrogens is 282 g/mol. The van der Waals surface area contributed by atoms with Gasteiger partial charge in [0.25, 0.3) is 0 Å². The van der Waals surface area contributed by atoms with Gasteiger partial charge in [0, 0.05) is 16.3 Å². The van der Waals surface area contributed by atoms with E-state index < -0.39 is 12.3 Å². The Kier molecular flexibility index (Phi) is 3.03. The lowest BCUT2D eigenvalue weighted by Crippen LogP contribution is -2.03. The zero-order chi connectivity index (χ0) is 15.1. The molecule has 2 heterocycles. The highest BCUT2D eigenvalue weighted by atomic mass is 16.7. The van der Waals surface area contributed by atoms with Crippen LogP contribution in [0.4, 0.5) is 0 Å². The summed E-state index contributed by atoms with van der Waals surface area (Å²) in [7, 11) is 0. The molecule has 4 rings (SSSR count). The lowest BCUT2D eigenvalue weighted by Gasteiger charge is -2.12. The quantitative estimate of drug-likeness (QED) is 0.736. The minimum atomic E-state index is -0.964. The number of hydrogen-bond acceptors (Lipinski definition) is 4. The predicted molar refractivity (Wildman–Crippen MR) is 80.9 cm³/mol. The van der Waals surface area contributed by atoms with Crippen molar-refractivity contribution in [2.24, 2.45) is 0 Å². The molecule has 0 spiro atoms. The van der Waals surface area contributed by atoms with Gasteiger partial charge in [-0.05, 0) is 18.2 Å². The lowest BCUT2D eigenvalue weighted by atomic mass is 10.0. The molecule has 0 bridgehead atoms. The summed E-state index contributed by atoms with van der Waals surface area (Å²) in [6.07, 6.45) is -0.433. The molecule has 0 amide bonds. The molecule has 0 atom stereocenters. The number of rotatable bonds is 2. The molecule has 2 aromatic carbocycles. The standard InChI is InChI=1S/C17H13NO4/c19-16(20)15-11-3-1-2-4-13(11)18-14-6-5-10(9-12(14)15)17-21-7-8-22-17/h1-6,9,17H,7-8H2,(H,19,20). The van der Waals surface area contributed by atoms with Crippen LogP contribution in [0.5, 0.6) is 0 Å². The molecule has 1 aromatic heterocycles. The Hall–Kier alpha value is -2.50. The molecule has 1 aliphatic heterocycles. The maximum absolute atomic E-state index is 11.8. The first-order valence-electron chi connectivity index (χ1n) is 7.03. The number of fused-ring (bicyclic) bond motifs is 2. The number of carbonyl (C=O) groups is 1. The highest BCUT2D eigenvalue weighted by Gasteiger charge is 2.21. The van der Waals surface area contributed by atoms with Gasteiger partial charge in [0.2, 0.25) is 0 Å². The molecule has 1 aliphatic rings. The van der Waals surface area contributed by atoms with Gasteiger partial charge in [0.05, 0.1) is 29.8 Å². The van der Waals surface area contributed by atoms with E-state index in [1.807, 2.05) is 30.3 Å². The molecule has 110 valence electrons. The van der Waals surface area contributed by atoms with Crippen molar-refractivity contribution in [3.8, 4) is 0 Å². The average molecular weight is 295 g/mol. The van der Waals surface area contributed by atoms with Crippen LogP contribution >= 0.6 is 0 Å². The molecule has 1 saturated heterocycles. The van der Waals surface area contributed by atoms with Crippen LogP contribution in [0.3, 0.4) is 0 Å². The summed E-state index contributed by atoms with van der Waals surface area (Å²) in [6, 6.07) is 12.7. The van der Waals surface area contributed by atoms with Gasteiger partial charge in [0.1, 0.15) is 0 Å². The average Bonchev–Trinajstić information content (AvgIpc) is 3.06. The molecule has 3 aromatic rings. The molecule has 5 nitrogen and oxygen atoms in total. The Bertz CT molecular complexity index is 884. The Labute approximate surface area is 126 Å². The Morgan fingerprint density at radius 2 is 1.77 bits per heavy atom. The van der Waals surface area contributed by atoms with Crippen LogP contribution in [0, 0.1) is 0 Å². The van der Waals surface area contributed by atoms with Crippen molar-refractivity contribution in [1.82, 2.24) is 4.98 Å². The van der Waals surface area contributed by atoms with Crippen LogP contribution in [0.15, 0.2) is 42.5 Å². The fourth-order valence-corrected chi connectivity index (χ4v) is 2.84. The SMILES string of the molecule is O=C(O)c1c2ccccc2nc2ccc(C3OCCO3)cc12. The lowest BCUT2D eigenvalue weighted by molar-refractivity contribution is -0.0440. The topological polar surface area (TPSA) is 68.7 Å². The highest BCUT2D eigenvalue weighted by molar-refractivity contribution is 6.13. The minimum absolute atomic E-state index is 0.264. The van der Waals surface area contributed by atoms with Crippen molar-refractivity contribution in [2.75, 3.05) is 13.2 Å². The predicted octanol–water partition coefficient (Wildman–Crippen LogP) is 3.13. The number of aromatic nitrogens is 1. The van der Waals surface area contributed by atoms with Gasteiger partial charge >= 0.3 is 5.97 Å². The van der Waals surface area contributed by atoms with Gasteiger partial charge < -0.3 is 14.6 Å². The van der Waals surface area contributed by atoms with Crippen LogP contribution < -0.4 is 0 Å². The Morgan fingerprint density at radius 3 is 2.55 bits per heavy atom. The van der Waals surface area contributed by atoms with Crippen molar-refractivity contribution in [2.45, 2.75) is 6.29 Å². The van der Waals surface area contributed by atoms with Crippen LogP contribution in [-0.2, 0) is 9.47 Å². The number of para-hydroxylation sites is 1. The summed E-state index contributed by atoms with van der Waals surface area (Å²) in [5, 5.41) is 10.9. The number of benzene rings is 2.